The van der Waals surface area contributed by atoms with E-state index in [1.54, 1.807) is 0 Å². The number of benzene rings is 9. The third-order valence-electron chi connectivity index (χ3n) is 11.2. The number of fused-ring (bicyclic) bond motifs is 2. The van der Waals surface area contributed by atoms with Crippen LogP contribution in [0, 0.1) is 0 Å². The Kier molecular flexibility index (Phi) is 9.10. The molecule has 5 heteroatoms. The lowest BCUT2D eigenvalue weighted by Gasteiger charge is -2.26. The molecule has 0 fully saturated rings. The number of hydrogen-bond donors (Lipinski definition) is 0. The minimum Gasteiger partial charge on any atom is -0.436 e. The van der Waals surface area contributed by atoms with E-state index in [1.165, 1.54) is 27.8 Å². The Balaban J connectivity index is 1.03. The van der Waals surface area contributed by atoms with E-state index in [2.05, 4.69) is 181 Å². The van der Waals surface area contributed by atoms with E-state index in [9.17, 15) is 0 Å². The third kappa shape index (κ3) is 6.94. The molecule has 0 spiro atoms. The monoisotopic (exact) mass is 783 g/mol. The smallest absolute Gasteiger partial charge is 0.227 e. The summed E-state index contributed by atoms with van der Waals surface area (Å²) in [5, 5.41) is 0. The van der Waals surface area contributed by atoms with E-state index >= 15 is 0 Å². The third-order valence-corrected chi connectivity index (χ3v) is 11.2. The van der Waals surface area contributed by atoms with Crippen LogP contribution in [0.15, 0.2) is 233 Å². The van der Waals surface area contributed by atoms with Gasteiger partial charge in [0.05, 0.1) is 0 Å². The zero-order valence-corrected chi connectivity index (χ0v) is 33.0. The van der Waals surface area contributed by atoms with Gasteiger partial charge in [0.25, 0.3) is 0 Å². The summed E-state index contributed by atoms with van der Waals surface area (Å²) in [6.45, 7) is 0. The first kappa shape index (κ1) is 35.8. The van der Waals surface area contributed by atoms with E-state index in [0.29, 0.717) is 11.8 Å². The quantitative estimate of drug-likeness (QED) is 0.146. The average Bonchev–Trinajstić information content (AvgIpc) is 3.98. The number of anilines is 3. The van der Waals surface area contributed by atoms with Crippen molar-refractivity contribution in [3.8, 4) is 67.4 Å². The summed E-state index contributed by atoms with van der Waals surface area (Å²) < 4.78 is 12.3. The van der Waals surface area contributed by atoms with E-state index in [0.717, 1.165) is 67.1 Å². The second-order valence-corrected chi connectivity index (χ2v) is 15.0. The molecule has 0 aliphatic rings. The molecule has 61 heavy (non-hydrogen) atoms. The van der Waals surface area contributed by atoms with Crippen LogP contribution in [0.3, 0.4) is 0 Å². The molecular weight excluding hydrogens is 747 g/mol. The Bertz CT molecular complexity index is 3020. The van der Waals surface area contributed by atoms with Crippen LogP contribution in [0.2, 0.25) is 0 Å². The van der Waals surface area contributed by atoms with Crippen LogP contribution >= 0.6 is 0 Å². The Labute approximate surface area is 353 Å². The molecule has 2 aromatic heterocycles. The van der Waals surface area contributed by atoms with Gasteiger partial charge in [-0.1, -0.05) is 127 Å². The molecule has 0 aliphatic heterocycles. The molecule has 11 rings (SSSR count). The molecule has 0 unspecified atom stereocenters. The number of nitrogens with zero attached hydrogens (tertiary/aromatic N) is 3. The zero-order chi connectivity index (χ0) is 40.5. The molecule has 0 bridgehead atoms. The van der Waals surface area contributed by atoms with Gasteiger partial charge in [-0.15, -0.1) is 0 Å². The van der Waals surface area contributed by atoms with Gasteiger partial charge in [0.2, 0.25) is 11.8 Å². The Morgan fingerprint density at radius 3 is 1.07 bits per heavy atom. The standard InChI is InChI=1S/C56H37N3O2/c1-4-14-38(15-5-1)44-36-48(39-16-6-2-7-17-39)54(49(37-44)40-18-8-3-9-19-40)41-24-30-45(31-25-41)59(46-32-26-42(27-33-46)55-57-50-20-10-12-22-52(50)60-55)47-34-28-43(29-35-47)56-58-51-21-11-13-23-53(51)61-56/h1-37H. The maximum absolute atomic E-state index is 6.13. The number of para-hydroxylation sites is 4. The van der Waals surface area contributed by atoms with Crippen molar-refractivity contribution < 1.29 is 8.83 Å². The first-order valence-corrected chi connectivity index (χ1v) is 20.4. The van der Waals surface area contributed by atoms with Crippen LogP contribution in [0.25, 0.3) is 89.6 Å². The zero-order valence-electron chi connectivity index (χ0n) is 33.0. The van der Waals surface area contributed by atoms with Crippen LogP contribution in [0.4, 0.5) is 17.1 Å². The second kappa shape index (κ2) is 15.5. The van der Waals surface area contributed by atoms with Crippen LogP contribution in [-0.2, 0) is 0 Å². The summed E-state index contributed by atoms with van der Waals surface area (Å²) in [5.41, 5.74) is 17.3. The minimum atomic E-state index is 0.591. The molecule has 0 radical (unpaired) electrons. The summed E-state index contributed by atoms with van der Waals surface area (Å²) in [7, 11) is 0. The molecule has 288 valence electrons. The largest absolute Gasteiger partial charge is 0.436 e. The molecule has 0 saturated heterocycles. The fourth-order valence-corrected chi connectivity index (χ4v) is 8.16. The van der Waals surface area contributed by atoms with E-state index in [1.807, 2.05) is 48.5 Å². The van der Waals surface area contributed by atoms with Crippen molar-refractivity contribution in [1.29, 1.82) is 0 Å². The predicted molar refractivity (Wildman–Crippen MR) is 249 cm³/mol. The summed E-state index contributed by atoms with van der Waals surface area (Å²) in [4.78, 5) is 11.8. The lowest BCUT2D eigenvalue weighted by molar-refractivity contribution is 0.619. The second-order valence-electron chi connectivity index (χ2n) is 15.0. The Morgan fingerprint density at radius 2 is 0.656 bits per heavy atom. The maximum atomic E-state index is 6.13. The lowest BCUT2D eigenvalue weighted by Crippen LogP contribution is -2.09. The normalized spacial score (nSPS) is 11.3. The maximum Gasteiger partial charge on any atom is 0.227 e. The Morgan fingerprint density at radius 1 is 0.295 bits per heavy atom. The van der Waals surface area contributed by atoms with E-state index in [-0.39, 0.29) is 0 Å². The van der Waals surface area contributed by atoms with Crippen molar-refractivity contribution in [2.45, 2.75) is 0 Å². The predicted octanol–water partition coefficient (Wildman–Crippen LogP) is 15.4. The van der Waals surface area contributed by atoms with Crippen molar-refractivity contribution >= 4 is 39.3 Å². The molecule has 9 aromatic carbocycles. The van der Waals surface area contributed by atoms with Gasteiger partial charge >= 0.3 is 0 Å². The van der Waals surface area contributed by atoms with E-state index < -0.39 is 0 Å². The summed E-state index contributed by atoms with van der Waals surface area (Å²) >= 11 is 0. The SMILES string of the molecule is c1ccc(-c2cc(-c3ccccc3)c(-c3ccc(N(c4ccc(-c5nc6ccccc6o5)cc4)c4ccc(-c5nc6ccccc6o5)cc4)cc3)c(-c3ccccc3)c2)cc1. The van der Waals surface area contributed by atoms with Gasteiger partial charge < -0.3 is 13.7 Å². The van der Waals surface area contributed by atoms with Crippen LogP contribution in [0.5, 0.6) is 0 Å². The van der Waals surface area contributed by atoms with Crippen LogP contribution in [0.1, 0.15) is 0 Å². The van der Waals surface area contributed by atoms with Crippen molar-refractivity contribution in [3.05, 3.63) is 224 Å². The number of hydrogen-bond acceptors (Lipinski definition) is 5. The highest BCUT2D eigenvalue weighted by atomic mass is 16.4. The molecular formula is C56H37N3O2. The van der Waals surface area contributed by atoms with Crippen molar-refractivity contribution in [3.63, 3.8) is 0 Å². The minimum absolute atomic E-state index is 0.591. The van der Waals surface area contributed by atoms with Crippen molar-refractivity contribution in [2.75, 3.05) is 4.90 Å². The highest BCUT2D eigenvalue weighted by molar-refractivity contribution is 5.98. The highest BCUT2D eigenvalue weighted by Crippen LogP contribution is 2.45. The molecule has 0 saturated carbocycles. The molecule has 0 aliphatic carbocycles. The van der Waals surface area contributed by atoms with Gasteiger partial charge in [0.1, 0.15) is 11.0 Å². The first-order chi connectivity index (χ1) is 30.2. The van der Waals surface area contributed by atoms with Gasteiger partial charge in [0, 0.05) is 28.2 Å². The average molecular weight is 784 g/mol. The lowest BCUT2D eigenvalue weighted by atomic mass is 9.84. The number of aromatic nitrogens is 2. The van der Waals surface area contributed by atoms with Gasteiger partial charge in [-0.05, 0) is 142 Å². The number of rotatable bonds is 9. The molecule has 5 nitrogen and oxygen atoms in total. The van der Waals surface area contributed by atoms with Crippen molar-refractivity contribution in [1.82, 2.24) is 9.97 Å². The van der Waals surface area contributed by atoms with Crippen LogP contribution < -0.4 is 4.90 Å². The summed E-state index contributed by atoms with van der Waals surface area (Å²) in [6.07, 6.45) is 0. The van der Waals surface area contributed by atoms with Crippen LogP contribution in [-0.4, -0.2) is 9.97 Å². The van der Waals surface area contributed by atoms with Gasteiger partial charge in [0.15, 0.2) is 11.2 Å². The van der Waals surface area contributed by atoms with Crippen molar-refractivity contribution in [2.24, 2.45) is 0 Å². The fraction of sp³-hybridized carbons (Fsp3) is 0. The molecule has 0 amide bonds. The fourth-order valence-electron chi connectivity index (χ4n) is 8.16. The molecule has 0 N–H and O–H groups in total. The van der Waals surface area contributed by atoms with Gasteiger partial charge in [-0.3, -0.25) is 0 Å². The molecule has 11 aromatic rings. The summed E-state index contributed by atoms with van der Waals surface area (Å²) in [5.74, 6) is 1.18. The van der Waals surface area contributed by atoms with E-state index in [4.69, 9.17) is 18.8 Å². The van der Waals surface area contributed by atoms with Gasteiger partial charge in [-0.25, -0.2) is 9.97 Å². The summed E-state index contributed by atoms with van der Waals surface area (Å²) in [6, 6.07) is 78.1. The number of oxazole rings is 2. The first-order valence-electron chi connectivity index (χ1n) is 20.4. The topological polar surface area (TPSA) is 55.3 Å². The highest BCUT2D eigenvalue weighted by Gasteiger charge is 2.20. The Hall–Kier alpha value is -8.28. The van der Waals surface area contributed by atoms with Gasteiger partial charge in [-0.2, -0.15) is 0 Å². The molecule has 0 atom stereocenters. The molecule has 2 heterocycles.